The van der Waals surface area contributed by atoms with Crippen LogP contribution in [0.25, 0.3) is 0 Å². The van der Waals surface area contributed by atoms with Crippen LogP contribution in [0.3, 0.4) is 0 Å². The van der Waals surface area contributed by atoms with Gasteiger partial charge in [-0.2, -0.15) is 0 Å². The maximum atomic E-state index is 13.5. The minimum Gasteiger partial charge on any atom is -0.313 e. The summed E-state index contributed by atoms with van der Waals surface area (Å²) in [6.07, 6.45) is 3.50. The fourth-order valence-corrected chi connectivity index (χ4v) is 3.96. The van der Waals surface area contributed by atoms with E-state index < -0.39 is 0 Å². The molecular weight excluding hydrogens is 337 g/mol. The molecule has 1 unspecified atom stereocenters. The Morgan fingerprint density at radius 2 is 2.20 bits per heavy atom. The summed E-state index contributed by atoms with van der Waals surface area (Å²) in [7, 11) is 0. The van der Waals surface area contributed by atoms with Crippen molar-refractivity contribution in [3.8, 4) is 0 Å². The summed E-state index contributed by atoms with van der Waals surface area (Å²) in [4.78, 5) is 1.33. The number of thiophene rings is 1. The van der Waals surface area contributed by atoms with Crippen molar-refractivity contribution in [2.75, 3.05) is 6.54 Å². The third-order valence-electron chi connectivity index (χ3n) is 3.67. The standard InChI is InChI=1S/C16H17BrFNS/c17-15-6-7-20-16(15)9-12(10-19-14-4-5-14)11-2-1-3-13(18)8-11/h1-3,6-8,12,14,19H,4-5,9-10H2. The van der Waals surface area contributed by atoms with Crippen LogP contribution in [0.2, 0.25) is 0 Å². The average Bonchev–Trinajstić information content (AvgIpc) is 3.18. The van der Waals surface area contributed by atoms with Crippen LogP contribution in [-0.2, 0) is 6.42 Å². The van der Waals surface area contributed by atoms with E-state index in [1.54, 1.807) is 23.5 Å². The Bertz CT molecular complexity index is 579. The first-order valence-electron chi connectivity index (χ1n) is 6.93. The molecule has 0 spiro atoms. The molecule has 1 heterocycles. The van der Waals surface area contributed by atoms with Gasteiger partial charge in [0.15, 0.2) is 0 Å². The molecule has 0 bridgehead atoms. The molecule has 1 nitrogen and oxygen atoms in total. The number of nitrogens with one attached hydrogen (secondary N) is 1. The molecule has 1 aliphatic rings. The lowest BCUT2D eigenvalue weighted by atomic mass is 9.94. The Labute approximate surface area is 131 Å². The Balaban J connectivity index is 1.77. The van der Waals surface area contributed by atoms with Gasteiger partial charge in [0.25, 0.3) is 0 Å². The zero-order valence-electron chi connectivity index (χ0n) is 11.1. The molecule has 1 aliphatic carbocycles. The monoisotopic (exact) mass is 353 g/mol. The smallest absolute Gasteiger partial charge is 0.123 e. The second-order valence-electron chi connectivity index (χ2n) is 5.33. The quantitative estimate of drug-likeness (QED) is 0.791. The first-order chi connectivity index (χ1) is 9.72. The van der Waals surface area contributed by atoms with Crippen molar-refractivity contribution in [2.45, 2.75) is 31.2 Å². The van der Waals surface area contributed by atoms with Gasteiger partial charge >= 0.3 is 0 Å². The predicted molar refractivity (Wildman–Crippen MR) is 85.9 cm³/mol. The van der Waals surface area contributed by atoms with Gasteiger partial charge in [0, 0.05) is 27.9 Å². The van der Waals surface area contributed by atoms with E-state index in [0.717, 1.165) is 23.0 Å². The molecular formula is C16H17BrFNS. The zero-order valence-corrected chi connectivity index (χ0v) is 13.5. The van der Waals surface area contributed by atoms with Crippen LogP contribution in [0.1, 0.15) is 29.2 Å². The number of hydrogen-bond donors (Lipinski definition) is 1. The number of rotatable bonds is 6. The van der Waals surface area contributed by atoms with Gasteiger partial charge in [-0.25, -0.2) is 4.39 Å². The highest BCUT2D eigenvalue weighted by Crippen LogP contribution is 2.30. The summed E-state index contributed by atoms with van der Waals surface area (Å²) in [5.41, 5.74) is 1.08. The summed E-state index contributed by atoms with van der Waals surface area (Å²) >= 11 is 5.35. The van der Waals surface area contributed by atoms with Gasteiger partial charge in [0.1, 0.15) is 5.82 Å². The Morgan fingerprint density at radius 3 is 2.85 bits per heavy atom. The van der Waals surface area contributed by atoms with E-state index >= 15 is 0 Å². The Morgan fingerprint density at radius 1 is 1.35 bits per heavy atom. The predicted octanol–water partition coefficient (Wildman–Crippen LogP) is 4.73. The van der Waals surface area contributed by atoms with Crippen molar-refractivity contribution in [1.29, 1.82) is 0 Å². The third kappa shape index (κ3) is 3.68. The molecule has 1 aromatic carbocycles. The Kier molecular flexibility index (Phi) is 4.54. The molecule has 0 aliphatic heterocycles. The topological polar surface area (TPSA) is 12.0 Å². The summed E-state index contributed by atoms with van der Waals surface area (Å²) in [6, 6.07) is 9.77. The fourth-order valence-electron chi connectivity index (χ4n) is 2.36. The van der Waals surface area contributed by atoms with Crippen LogP contribution >= 0.6 is 27.3 Å². The van der Waals surface area contributed by atoms with Gasteiger partial charge in [-0.3, -0.25) is 0 Å². The number of halogens is 2. The lowest BCUT2D eigenvalue weighted by Crippen LogP contribution is -2.24. The van der Waals surface area contributed by atoms with Crippen LogP contribution in [-0.4, -0.2) is 12.6 Å². The Hall–Kier alpha value is -0.710. The van der Waals surface area contributed by atoms with Crippen LogP contribution in [0, 0.1) is 5.82 Å². The van der Waals surface area contributed by atoms with Gasteiger partial charge in [-0.15, -0.1) is 11.3 Å². The molecule has 3 rings (SSSR count). The van der Waals surface area contributed by atoms with E-state index in [2.05, 4.69) is 32.7 Å². The summed E-state index contributed by atoms with van der Waals surface area (Å²) in [5.74, 6) is 0.172. The molecule has 1 fully saturated rings. The summed E-state index contributed by atoms with van der Waals surface area (Å²) < 4.78 is 14.6. The molecule has 0 radical (unpaired) electrons. The van der Waals surface area contributed by atoms with Crippen LogP contribution in [0.4, 0.5) is 4.39 Å². The maximum absolute atomic E-state index is 13.5. The van der Waals surface area contributed by atoms with Crippen molar-refractivity contribution < 1.29 is 4.39 Å². The molecule has 0 saturated heterocycles. The van der Waals surface area contributed by atoms with E-state index in [9.17, 15) is 4.39 Å². The fraction of sp³-hybridized carbons (Fsp3) is 0.375. The van der Waals surface area contributed by atoms with Crippen LogP contribution < -0.4 is 5.32 Å². The van der Waals surface area contributed by atoms with Gasteiger partial charge in [-0.1, -0.05) is 12.1 Å². The molecule has 1 aromatic heterocycles. The molecule has 1 saturated carbocycles. The molecule has 106 valence electrons. The second-order valence-corrected chi connectivity index (χ2v) is 7.19. The highest BCUT2D eigenvalue weighted by atomic mass is 79.9. The summed E-state index contributed by atoms with van der Waals surface area (Å²) in [5, 5.41) is 5.67. The largest absolute Gasteiger partial charge is 0.313 e. The zero-order chi connectivity index (χ0) is 13.9. The van der Waals surface area contributed by atoms with Crippen molar-refractivity contribution in [1.82, 2.24) is 5.32 Å². The maximum Gasteiger partial charge on any atom is 0.123 e. The summed E-state index contributed by atoms with van der Waals surface area (Å²) in [6.45, 7) is 0.915. The lowest BCUT2D eigenvalue weighted by molar-refractivity contribution is 0.571. The first kappa shape index (κ1) is 14.2. The molecule has 2 aromatic rings. The molecule has 1 atom stereocenters. The minimum atomic E-state index is -0.149. The van der Waals surface area contributed by atoms with Crippen LogP contribution in [0.15, 0.2) is 40.2 Å². The van der Waals surface area contributed by atoms with Crippen molar-refractivity contribution in [3.63, 3.8) is 0 Å². The van der Waals surface area contributed by atoms with E-state index in [1.807, 2.05) is 6.07 Å². The third-order valence-corrected chi connectivity index (χ3v) is 5.62. The van der Waals surface area contributed by atoms with Gasteiger partial charge in [0.05, 0.1) is 0 Å². The highest BCUT2D eigenvalue weighted by molar-refractivity contribution is 9.10. The molecule has 4 heteroatoms. The number of hydrogen-bond acceptors (Lipinski definition) is 2. The minimum absolute atomic E-state index is 0.149. The number of benzene rings is 1. The molecule has 1 N–H and O–H groups in total. The van der Waals surface area contributed by atoms with Crippen molar-refractivity contribution >= 4 is 27.3 Å². The van der Waals surface area contributed by atoms with E-state index in [0.29, 0.717) is 12.0 Å². The van der Waals surface area contributed by atoms with E-state index in [-0.39, 0.29) is 5.82 Å². The average molecular weight is 354 g/mol. The highest BCUT2D eigenvalue weighted by Gasteiger charge is 2.23. The first-order valence-corrected chi connectivity index (χ1v) is 8.60. The van der Waals surface area contributed by atoms with Gasteiger partial charge < -0.3 is 5.32 Å². The van der Waals surface area contributed by atoms with Crippen LogP contribution in [0.5, 0.6) is 0 Å². The second kappa shape index (κ2) is 6.37. The van der Waals surface area contributed by atoms with Gasteiger partial charge in [0.2, 0.25) is 0 Å². The lowest BCUT2D eigenvalue weighted by Gasteiger charge is -2.18. The normalized spacial score (nSPS) is 16.3. The van der Waals surface area contributed by atoms with Crippen molar-refractivity contribution in [2.24, 2.45) is 0 Å². The molecule has 20 heavy (non-hydrogen) atoms. The SMILES string of the molecule is Fc1cccc(C(CNC2CC2)Cc2sccc2Br)c1. The van der Waals surface area contributed by atoms with E-state index in [4.69, 9.17) is 0 Å². The van der Waals surface area contributed by atoms with Gasteiger partial charge in [-0.05, 0) is 64.3 Å². The van der Waals surface area contributed by atoms with Crippen molar-refractivity contribution in [3.05, 3.63) is 56.4 Å². The van der Waals surface area contributed by atoms with E-state index in [1.165, 1.54) is 23.8 Å². The molecule has 0 amide bonds.